The largest absolute Gasteiger partial charge is 0.507 e. The Bertz CT molecular complexity index is 1120. The van der Waals surface area contributed by atoms with Crippen molar-refractivity contribution in [1.82, 2.24) is 24.9 Å². The number of halogens is 3. The molecule has 2 aromatic heterocycles. The van der Waals surface area contributed by atoms with Crippen LogP contribution in [-0.2, 0) is 0 Å². The van der Waals surface area contributed by atoms with Gasteiger partial charge in [0.15, 0.2) is 11.2 Å². The van der Waals surface area contributed by atoms with E-state index in [4.69, 9.17) is 4.74 Å². The maximum atomic E-state index is 15.0. The molecule has 2 bridgehead atoms. The standard InChI is InChI=1S/C21H22F3N5O2S/c1-10-5-6-29(27-10)11-3-4-12(16(30)7-11)20-25-26-21(32-20)31-17-9-15-18(23)13(22)8-14(19(17)24)28(15)2/h3-7,13-15,17-19,30H,8-9H2,1-2H3. The van der Waals surface area contributed by atoms with Crippen molar-refractivity contribution in [3.05, 3.63) is 36.2 Å². The number of fused-ring (bicyclic) bond motifs is 2. The van der Waals surface area contributed by atoms with Gasteiger partial charge in [0.05, 0.1) is 16.9 Å². The Labute approximate surface area is 186 Å². The van der Waals surface area contributed by atoms with Crippen LogP contribution in [0.5, 0.6) is 10.9 Å². The summed E-state index contributed by atoms with van der Waals surface area (Å²) in [6.45, 7) is 1.87. The molecule has 6 unspecified atom stereocenters. The van der Waals surface area contributed by atoms with Crippen LogP contribution in [-0.4, -0.2) is 73.7 Å². The number of aromatic hydroxyl groups is 1. The molecule has 2 fully saturated rings. The molecule has 2 aliphatic heterocycles. The summed E-state index contributed by atoms with van der Waals surface area (Å²) in [5.74, 6) is -0.00944. The van der Waals surface area contributed by atoms with Crippen molar-refractivity contribution in [2.24, 2.45) is 0 Å². The summed E-state index contributed by atoms with van der Waals surface area (Å²) in [7, 11) is 1.62. The molecule has 0 amide bonds. The zero-order valence-corrected chi connectivity index (χ0v) is 18.2. The summed E-state index contributed by atoms with van der Waals surface area (Å²) in [5, 5.41) is 23.3. The first-order valence-electron chi connectivity index (χ1n) is 10.3. The van der Waals surface area contributed by atoms with E-state index in [0.29, 0.717) is 16.3 Å². The highest BCUT2D eigenvalue weighted by molar-refractivity contribution is 7.16. The van der Waals surface area contributed by atoms with Gasteiger partial charge in [-0.05, 0) is 38.6 Å². The lowest BCUT2D eigenvalue weighted by Gasteiger charge is -2.50. The molecule has 0 radical (unpaired) electrons. The summed E-state index contributed by atoms with van der Waals surface area (Å²) in [6.07, 6.45) is -4.14. The number of aromatic nitrogens is 4. The number of alkyl halides is 3. The van der Waals surface area contributed by atoms with Crippen LogP contribution in [0.4, 0.5) is 13.2 Å². The molecular weight excluding hydrogens is 443 g/mol. The van der Waals surface area contributed by atoms with Gasteiger partial charge >= 0.3 is 0 Å². The van der Waals surface area contributed by atoms with Crippen molar-refractivity contribution >= 4 is 11.3 Å². The van der Waals surface area contributed by atoms with Crippen molar-refractivity contribution < 1.29 is 23.0 Å². The second-order valence-electron chi connectivity index (χ2n) is 8.31. The smallest absolute Gasteiger partial charge is 0.294 e. The van der Waals surface area contributed by atoms with E-state index in [1.807, 2.05) is 13.0 Å². The molecular formula is C21H22F3N5O2S. The fraction of sp³-hybridized carbons (Fsp3) is 0.476. The van der Waals surface area contributed by atoms with Crippen molar-refractivity contribution in [3.63, 3.8) is 0 Å². The average molecular weight is 466 g/mol. The Morgan fingerprint density at radius 3 is 2.59 bits per heavy atom. The third-order valence-electron chi connectivity index (χ3n) is 6.28. The SMILES string of the molecule is Cc1ccn(-c2ccc(-c3nnc(OC4CC5C(F)C(F)CC(C4F)N5C)s3)c(O)c2)n1. The molecule has 4 heterocycles. The molecule has 1 aromatic carbocycles. The summed E-state index contributed by atoms with van der Waals surface area (Å²) in [6, 6.07) is 5.42. The number of ether oxygens (including phenoxy) is 1. The van der Waals surface area contributed by atoms with Crippen LogP contribution in [0.25, 0.3) is 16.3 Å². The summed E-state index contributed by atoms with van der Waals surface area (Å²) in [5.41, 5.74) is 1.99. The van der Waals surface area contributed by atoms with Crippen LogP contribution >= 0.6 is 11.3 Å². The van der Waals surface area contributed by atoms with Crippen LogP contribution in [0.15, 0.2) is 30.5 Å². The van der Waals surface area contributed by atoms with E-state index in [0.717, 1.165) is 17.0 Å². The number of aryl methyl sites for hydroxylation is 1. The monoisotopic (exact) mass is 465 g/mol. The third kappa shape index (κ3) is 3.62. The lowest BCUT2D eigenvalue weighted by molar-refractivity contribution is -0.113. The van der Waals surface area contributed by atoms with Crippen LogP contribution < -0.4 is 4.74 Å². The molecule has 0 aliphatic carbocycles. The number of piperidine rings is 2. The predicted octanol–water partition coefficient (Wildman–Crippen LogP) is 3.64. The molecule has 0 spiro atoms. The minimum Gasteiger partial charge on any atom is -0.507 e. The highest BCUT2D eigenvalue weighted by atomic mass is 32.1. The second-order valence-corrected chi connectivity index (χ2v) is 9.25. The van der Waals surface area contributed by atoms with E-state index in [-0.39, 0.29) is 23.8 Å². The Kier molecular flexibility index (Phi) is 5.32. The highest BCUT2D eigenvalue weighted by Gasteiger charge is 2.53. The molecule has 0 saturated carbocycles. The summed E-state index contributed by atoms with van der Waals surface area (Å²) in [4.78, 5) is 1.58. The lowest BCUT2D eigenvalue weighted by atomic mass is 9.80. The normalized spacial score (nSPS) is 30.4. The summed E-state index contributed by atoms with van der Waals surface area (Å²) < 4.78 is 50.6. The van der Waals surface area contributed by atoms with Gasteiger partial charge < -0.3 is 9.84 Å². The molecule has 6 atom stereocenters. The number of phenols is 1. The molecule has 170 valence electrons. The molecule has 32 heavy (non-hydrogen) atoms. The number of rotatable bonds is 4. The van der Waals surface area contributed by atoms with E-state index in [1.165, 1.54) is 0 Å². The van der Waals surface area contributed by atoms with Gasteiger partial charge in [0.25, 0.3) is 5.19 Å². The van der Waals surface area contributed by atoms with E-state index in [9.17, 15) is 13.9 Å². The van der Waals surface area contributed by atoms with Gasteiger partial charge in [-0.25, -0.2) is 17.9 Å². The maximum absolute atomic E-state index is 15.0. The topological polar surface area (TPSA) is 76.3 Å². The molecule has 2 aliphatic rings. The minimum atomic E-state index is -1.67. The van der Waals surface area contributed by atoms with E-state index in [1.54, 1.807) is 41.0 Å². The van der Waals surface area contributed by atoms with Crippen LogP contribution in [0.3, 0.4) is 0 Å². The van der Waals surface area contributed by atoms with E-state index in [2.05, 4.69) is 15.3 Å². The number of benzene rings is 1. The second kappa shape index (κ2) is 8.04. The first-order chi connectivity index (χ1) is 15.3. The number of phenolic OH excluding ortho intramolecular Hbond substituents is 1. The maximum Gasteiger partial charge on any atom is 0.294 e. The Balaban J connectivity index is 1.33. The van der Waals surface area contributed by atoms with Crippen molar-refractivity contribution in [3.8, 4) is 27.2 Å². The van der Waals surface area contributed by atoms with Gasteiger partial charge in [-0.3, -0.25) is 4.90 Å². The quantitative estimate of drug-likeness (QED) is 0.634. The van der Waals surface area contributed by atoms with Gasteiger partial charge in [0.1, 0.15) is 24.2 Å². The van der Waals surface area contributed by atoms with Crippen LogP contribution in [0.2, 0.25) is 0 Å². The Hall–Kier alpha value is -2.66. The minimum absolute atomic E-state index is 0.00944. The number of nitrogens with zero attached hydrogens (tertiary/aromatic N) is 5. The third-order valence-corrected chi connectivity index (χ3v) is 7.13. The Morgan fingerprint density at radius 1 is 1.09 bits per heavy atom. The van der Waals surface area contributed by atoms with E-state index >= 15 is 4.39 Å². The van der Waals surface area contributed by atoms with E-state index < -0.39 is 36.7 Å². The fourth-order valence-electron chi connectivity index (χ4n) is 4.52. The molecule has 3 aromatic rings. The first kappa shape index (κ1) is 21.2. The number of hydrogen-bond acceptors (Lipinski definition) is 7. The van der Waals surface area contributed by atoms with Crippen molar-refractivity contribution in [2.75, 3.05) is 7.05 Å². The predicted molar refractivity (Wildman–Crippen MR) is 113 cm³/mol. The fourth-order valence-corrected chi connectivity index (χ4v) is 5.30. The average Bonchev–Trinajstić information content (AvgIpc) is 3.40. The van der Waals surface area contributed by atoms with Gasteiger partial charge in [-0.15, -0.1) is 5.10 Å². The number of hydrogen-bond donors (Lipinski definition) is 1. The van der Waals surface area contributed by atoms with Crippen molar-refractivity contribution in [2.45, 2.75) is 56.5 Å². The van der Waals surface area contributed by atoms with Gasteiger partial charge in [0, 0.05) is 30.8 Å². The zero-order valence-electron chi connectivity index (χ0n) is 17.4. The highest BCUT2D eigenvalue weighted by Crippen LogP contribution is 2.40. The molecule has 7 nitrogen and oxygen atoms in total. The zero-order chi connectivity index (χ0) is 22.6. The first-order valence-corrected chi connectivity index (χ1v) is 11.1. The Morgan fingerprint density at radius 2 is 1.88 bits per heavy atom. The lowest BCUT2D eigenvalue weighted by Crippen LogP contribution is -2.65. The molecule has 11 heteroatoms. The van der Waals surface area contributed by atoms with Crippen LogP contribution in [0, 0.1) is 6.92 Å². The molecule has 1 N–H and O–H groups in total. The molecule has 5 rings (SSSR count). The van der Waals surface area contributed by atoms with Gasteiger partial charge in [-0.1, -0.05) is 16.4 Å². The van der Waals surface area contributed by atoms with Crippen molar-refractivity contribution in [1.29, 1.82) is 0 Å². The molecule has 2 saturated heterocycles. The van der Waals surface area contributed by atoms with Gasteiger partial charge in [0.2, 0.25) is 0 Å². The summed E-state index contributed by atoms with van der Waals surface area (Å²) >= 11 is 1.06. The van der Waals surface area contributed by atoms with Crippen LogP contribution in [0.1, 0.15) is 18.5 Å². The van der Waals surface area contributed by atoms with Gasteiger partial charge in [-0.2, -0.15) is 5.10 Å².